The Bertz CT molecular complexity index is 498. The lowest BCUT2D eigenvalue weighted by Crippen LogP contribution is -2.54. The topological polar surface area (TPSA) is 0 Å². The van der Waals surface area contributed by atoms with Crippen molar-refractivity contribution in [2.75, 3.05) is 0 Å². The van der Waals surface area contributed by atoms with E-state index in [0.717, 1.165) is 0 Å². The number of thiophene rings is 2. The third-order valence-corrected chi connectivity index (χ3v) is 12.0. The van der Waals surface area contributed by atoms with Crippen molar-refractivity contribution in [3.8, 4) is 9.75 Å². The minimum absolute atomic E-state index is 1.33. The van der Waals surface area contributed by atoms with Crippen molar-refractivity contribution in [1.82, 2.24) is 0 Å². The standard InChI is InChI=1S/C15H20S2Si/c1-3-5-11-18(10-4-2)12-6-8-16-14(12)15-13(18)7-9-17-15/h6-9H,3-5,10-11H2,1-2H3. The first-order valence-corrected chi connectivity index (χ1v) is 11.2. The van der Waals surface area contributed by atoms with Crippen molar-refractivity contribution in [2.45, 2.75) is 45.2 Å². The summed E-state index contributed by atoms with van der Waals surface area (Å²) in [5.41, 5.74) is 0. The zero-order chi connectivity index (χ0) is 12.6. The van der Waals surface area contributed by atoms with Gasteiger partial charge < -0.3 is 0 Å². The van der Waals surface area contributed by atoms with Crippen LogP contribution in [0.5, 0.6) is 0 Å². The van der Waals surface area contributed by atoms with Crippen LogP contribution in [0.25, 0.3) is 9.75 Å². The highest BCUT2D eigenvalue weighted by atomic mass is 32.1. The first kappa shape index (κ1) is 12.6. The van der Waals surface area contributed by atoms with Crippen LogP contribution in [-0.2, 0) is 0 Å². The summed E-state index contributed by atoms with van der Waals surface area (Å²) in [5.74, 6) is 0. The smallest absolute Gasteiger partial charge is 0.122 e. The highest BCUT2D eigenvalue weighted by molar-refractivity contribution is 7.27. The molecule has 0 spiro atoms. The Labute approximate surface area is 119 Å². The molecule has 3 heteroatoms. The molecule has 0 unspecified atom stereocenters. The lowest BCUT2D eigenvalue weighted by Gasteiger charge is -2.28. The molecule has 0 saturated heterocycles. The van der Waals surface area contributed by atoms with E-state index in [4.69, 9.17) is 0 Å². The number of hydrogen-bond acceptors (Lipinski definition) is 2. The van der Waals surface area contributed by atoms with Gasteiger partial charge in [-0.05, 0) is 33.2 Å². The predicted molar refractivity (Wildman–Crippen MR) is 87.5 cm³/mol. The molecule has 0 saturated carbocycles. The van der Waals surface area contributed by atoms with Crippen LogP contribution in [0.15, 0.2) is 22.9 Å². The van der Waals surface area contributed by atoms with Crippen molar-refractivity contribution < 1.29 is 0 Å². The van der Waals surface area contributed by atoms with Gasteiger partial charge in [-0.1, -0.05) is 45.2 Å². The van der Waals surface area contributed by atoms with Gasteiger partial charge in [0.2, 0.25) is 0 Å². The van der Waals surface area contributed by atoms with Gasteiger partial charge in [0.1, 0.15) is 8.07 Å². The van der Waals surface area contributed by atoms with Gasteiger partial charge in [-0.15, -0.1) is 22.7 Å². The Balaban J connectivity index is 2.13. The average Bonchev–Trinajstić information content (AvgIpc) is 3.03. The summed E-state index contributed by atoms with van der Waals surface area (Å²) >= 11 is 3.93. The van der Waals surface area contributed by atoms with Crippen LogP contribution < -0.4 is 10.4 Å². The second-order valence-corrected chi connectivity index (χ2v) is 11.3. The average molecular weight is 293 g/mol. The fraction of sp³-hybridized carbons (Fsp3) is 0.467. The van der Waals surface area contributed by atoms with Crippen molar-refractivity contribution in [3.05, 3.63) is 22.9 Å². The fourth-order valence-corrected chi connectivity index (χ4v) is 12.5. The van der Waals surface area contributed by atoms with E-state index in [1.54, 1.807) is 20.1 Å². The van der Waals surface area contributed by atoms with Gasteiger partial charge in [0.25, 0.3) is 0 Å². The minimum atomic E-state index is -1.37. The Hall–Kier alpha value is -0.383. The van der Waals surface area contributed by atoms with E-state index >= 15 is 0 Å². The quantitative estimate of drug-likeness (QED) is 0.709. The molecule has 1 aliphatic rings. The fourth-order valence-electron chi connectivity index (χ4n) is 3.44. The van der Waals surface area contributed by atoms with Gasteiger partial charge in [-0.3, -0.25) is 0 Å². The SMILES string of the molecule is CCCC[Si]1(CCC)c2ccsc2-c2sccc21. The summed E-state index contributed by atoms with van der Waals surface area (Å²) in [6.07, 6.45) is 4.06. The van der Waals surface area contributed by atoms with E-state index in [1.165, 1.54) is 31.4 Å². The van der Waals surface area contributed by atoms with Crippen molar-refractivity contribution in [1.29, 1.82) is 0 Å². The lowest BCUT2D eigenvalue weighted by atomic mass is 10.4. The molecule has 2 aromatic heterocycles. The first-order valence-electron chi connectivity index (χ1n) is 6.99. The molecular formula is C15H20S2Si. The molecule has 18 heavy (non-hydrogen) atoms. The molecule has 0 aromatic carbocycles. The van der Waals surface area contributed by atoms with E-state index in [-0.39, 0.29) is 0 Å². The lowest BCUT2D eigenvalue weighted by molar-refractivity contribution is 0.864. The van der Waals surface area contributed by atoms with E-state index in [2.05, 4.69) is 36.7 Å². The van der Waals surface area contributed by atoms with Crippen LogP contribution in [0.3, 0.4) is 0 Å². The molecule has 0 bridgehead atoms. The molecule has 0 radical (unpaired) electrons. The monoisotopic (exact) mass is 292 g/mol. The second kappa shape index (κ2) is 4.95. The predicted octanol–water partition coefficient (Wildman–Crippen LogP) is 4.56. The molecule has 2 aromatic rings. The number of fused-ring (bicyclic) bond motifs is 3. The highest BCUT2D eigenvalue weighted by Crippen LogP contribution is 2.39. The van der Waals surface area contributed by atoms with Crippen LogP contribution in [-0.4, -0.2) is 8.07 Å². The number of rotatable bonds is 5. The summed E-state index contributed by atoms with van der Waals surface area (Å²) in [6, 6.07) is 7.81. The maximum absolute atomic E-state index is 2.45. The minimum Gasteiger partial charge on any atom is -0.143 e. The molecule has 0 atom stereocenters. The first-order chi connectivity index (χ1) is 8.83. The van der Waals surface area contributed by atoms with Crippen LogP contribution in [0.4, 0.5) is 0 Å². The molecule has 0 amide bonds. The van der Waals surface area contributed by atoms with Gasteiger partial charge in [-0.25, -0.2) is 0 Å². The van der Waals surface area contributed by atoms with Crippen LogP contribution in [0.1, 0.15) is 33.1 Å². The maximum atomic E-state index is 2.45. The highest BCUT2D eigenvalue weighted by Gasteiger charge is 2.45. The van der Waals surface area contributed by atoms with E-state index in [9.17, 15) is 0 Å². The summed E-state index contributed by atoms with van der Waals surface area (Å²) in [5, 5.41) is 8.17. The zero-order valence-electron chi connectivity index (χ0n) is 11.2. The number of hydrogen-bond donors (Lipinski definition) is 0. The van der Waals surface area contributed by atoms with Crippen molar-refractivity contribution >= 4 is 41.1 Å². The Kier molecular flexibility index (Phi) is 3.48. The molecule has 0 fully saturated rings. The molecule has 96 valence electrons. The van der Waals surface area contributed by atoms with Gasteiger partial charge in [0, 0.05) is 9.75 Å². The van der Waals surface area contributed by atoms with E-state index in [0.29, 0.717) is 0 Å². The second-order valence-electron chi connectivity index (χ2n) is 5.26. The molecule has 3 rings (SSSR count). The van der Waals surface area contributed by atoms with Crippen LogP contribution >= 0.6 is 22.7 Å². The summed E-state index contributed by atoms with van der Waals surface area (Å²) in [4.78, 5) is 3.24. The number of unbranched alkanes of at least 4 members (excludes halogenated alkanes) is 1. The van der Waals surface area contributed by atoms with E-state index < -0.39 is 8.07 Å². The summed E-state index contributed by atoms with van der Waals surface area (Å²) in [7, 11) is -1.37. The molecule has 0 N–H and O–H groups in total. The maximum Gasteiger partial charge on any atom is 0.122 e. The van der Waals surface area contributed by atoms with E-state index in [1.807, 2.05) is 22.7 Å². The third kappa shape index (κ3) is 1.68. The Morgan fingerprint density at radius 1 is 0.889 bits per heavy atom. The van der Waals surface area contributed by atoms with Crippen molar-refractivity contribution in [3.63, 3.8) is 0 Å². The van der Waals surface area contributed by atoms with Gasteiger partial charge >= 0.3 is 0 Å². The Morgan fingerprint density at radius 2 is 1.50 bits per heavy atom. The largest absolute Gasteiger partial charge is 0.143 e. The Morgan fingerprint density at radius 3 is 2.00 bits per heavy atom. The summed E-state index contributed by atoms with van der Waals surface area (Å²) in [6.45, 7) is 4.68. The third-order valence-electron chi connectivity index (χ3n) is 4.20. The van der Waals surface area contributed by atoms with Crippen LogP contribution in [0.2, 0.25) is 12.1 Å². The molecule has 3 heterocycles. The van der Waals surface area contributed by atoms with Gasteiger partial charge in [0.15, 0.2) is 0 Å². The molecular weight excluding hydrogens is 272 g/mol. The van der Waals surface area contributed by atoms with Crippen molar-refractivity contribution in [2.24, 2.45) is 0 Å². The molecule has 1 aliphatic heterocycles. The molecule has 0 nitrogen and oxygen atoms in total. The van der Waals surface area contributed by atoms with Gasteiger partial charge in [0.05, 0.1) is 0 Å². The van der Waals surface area contributed by atoms with Gasteiger partial charge in [-0.2, -0.15) is 0 Å². The van der Waals surface area contributed by atoms with Crippen LogP contribution in [0, 0.1) is 0 Å². The summed E-state index contributed by atoms with van der Waals surface area (Å²) < 4.78 is 0. The zero-order valence-corrected chi connectivity index (χ0v) is 13.8. The molecule has 0 aliphatic carbocycles. The normalized spacial score (nSPS) is 15.7.